The van der Waals surface area contributed by atoms with Crippen LogP contribution >= 0.6 is 15.6 Å². The molecule has 0 heterocycles. The molecule has 0 aliphatic carbocycles. The molecule has 5 unspecified atom stereocenters. The van der Waals surface area contributed by atoms with Crippen LogP contribution in [0.4, 0.5) is 0 Å². The van der Waals surface area contributed by atoms with Crippen LogP contribution in [-0.4, -0.2) is 96.7 Å². The molecule has 5 atom stereocenters. The third-order valence-corrected chi connectivity index (χ3v) is 18.2. The van der Waals surface area contributed by atoms with Crippen LogP contribution in [0.25, 0.3) is 0 Å². The number of phosphoric ester groups is 2. The number of unbranched alkanes of at least 4 members (excludes halogenated alkanes) is 24. The number of phosphoric acid groups is 2. The van der Waals surface area contributed by atoms with Gasteiger partial charge in [-0.15, -0.1) is 0 Å². The van der Waals surface area contributed by atoms with E-state index in [1.54, 1.807) is 0 Å². The topological polar surface area (TPSA) is 237 Å². The molecule has 0 aromatic carbocycles. The Bertz CT molecular complexity index is 2540. The highest BCUT2D eigenvalue weighted by Crippen LogP contribution is 2.45. The van der Waals surface area contributed by atoms with E-state index in [0.717, 1.165) is 161 Å². The van der Waals surface area contributed by atoms with Crippen molar-refractivity contribution in [3.8, 4) is 0 Å². The van der Waals surface area contributed by atoms with Gasteiger partial charge in [0, 0.05) is 25.7 Å². The Hall–Kier alpha value is -5.06. The Morgan fingerprint density at radius 3 is 0.837 bits per heavy atom. The summed E-state index contributed by atoms with van der Waals surface area (Å²) >= 11 is 0. The van der Waals surface area contributed by atoms with Crippen molar-refractivity contribution in [2.24, 2.45) is 0 Å². The van der Waals surface area contributed by atoms with E-state index in [2.05, 4.69) is 161 Å². The molecule has 594 valence electrons. The van der Waals surface area contributed by atoms with Crippen LogP contribution in [0.5, 0.6) is 0 Å². The Morgan fingerprint density at radius 2 is 0.510 bits per heavy atom. The first-order chi connectivity index (χ1) is 50.7. The molecule has 0 radical (unpaired) electrons. The molecule has 0 amide bonds. The molecule has 0 rings (SSSR count). The predicted octanol–water partition coefficient (Wildman–Crippen LogP) is 23.4. The molecule has 0 aliphatic heterocycles. The van der Waals surface area contributed by atoms with E-state index in [1.807, 2.05) is 12.2 Å². The number of hydrogen-bond donors (Lipinski definition) is 3. The van der Waals surface area contributed by atoms with Crippen LogP contribution in [0.15, 0.2) is 146 Å². The second-order valence-electron chi connectivity index (χ2n) is 26.2. The van der Waals surface area contributed by atoms with Crippen molar-refractivity contribution >= 4 is 39.5 Å². The largest absolute Gasteiger partial charge is 0.472 e. The number of esters is 4. The van der Waals surface area contributed by atoms with Gasteiger partial charge in [0.15, 0.2) is 12.2 Å². The van der Waals surface area contributed by atoms with Gasteiger partial charge in [0.25, 0.3) is 0 Å². The normalized spacial score (nSPS) is 14.6. The number of carbonyl (C=O) groups is 4. The molecule has 19 heteroatoms. The predicted molar refractivity (Wildman–Crippen MR) is 427 cm³/mol. The highest BCUT2D eigenvalue weighted by Gasteiger charge is 2.30. The number of allylic oxidation sites excluding steroid dienone is 24. The minimum absolute atomic E-state index is 0.0689. The monoisotopic (exact) mass is 1500 g/mol. The first-order valence-corrected chi connectivity index (χ1v) is 43.1. The van der Waals surface area contributed by atoms with Gasteiger partial charge >= 0.3 is 39.5 Å². The molecular weight excluding hydrogens is 1350 g/mol. The summed E-state index contributed by atoms with van der Waals surface area (Å²) in [7, 11) is -9.99. The number of aliphatic hydroxyl groups is 1. The lowest BCUT2D eigenvalue weighted by Gasteiger charge is -2.21. The van der Waals surface area contributed by atoms with Crippen molar-refractivity contribution in [1.82, 2.24) is 0 Å². The second-order valence-corrected chi connectivity index (χ2v) is 29.1. The molecular formula is C85H142O17P2. The summed E-state index contributed by atoms with van der Waals surface area (Å²) < 4.78 is 68.5. The molecule has 0 spiro atoms. The molecule has 0 fully saturated rings. The lowest BCUT2D eigenvalue weighted by molar-refractivity contribution is -0.161. The minimum Gasteiger partial charge on any atom is -0.462 e. The van der Waals surface area contributed by atoms with Crippen LogP contribution in [0.1, 0.15) is 310 Å². The van der Waals surface area contributed by atoms with E-state index in [9.17, 15) is 43.2 Å². The van der Waals surface area contributed by atoms with Gasteiger partial charge in [0.2, 0.25) is 0 Å². The SMILES string of the molecule is CC/C=C\C/C=C\C/C=C\C/C=C\C/C=C\CCCCCC(=O)OCC(COP(=O)(O)OCC(O)COP(=O)(O)OCC(COC(=O)CCC/C=C\C/C=C\C/C=C\C/C=C\C/C=C\CC)OC(=O)CCCCCCC/C=C\CCCCCCCC)OC(=O)CCCCCCC/C=C\CCCCCC. The van der Waals surface area contributed by atoms with Gasteiger partial charge in [0.1, 0.15) is 19.3 Å². The lowest BCUT2D eigenvalue weighted by atomic mass is 10.1. The molecule has 0 aliphatic rings. The van der Waals surface area contributed by atoms with E-state index in [4.69, 9.17) is 37.0 Å². The summed E-state index contributed by atoms with van der Waals surface area (Å²) in [6.07, 6.45) is 86.9. The standard InChI is InChI=1S/C85H142O17P2/c1-5-9-13-17-21-25-29-33-36-38-39-41-44-47-50-54-58-62-66-70-83(88)95-75-80(101-84(89)71-67-63-59-55-51-45-32-28-24-20-16-12-8-4)77-99-103(91,92)97-73-79(86)74-98-104(93,94)100-78-81(102-85(90)72-68-64-60-56-52-48-42-35-31-27-23-19-15-11-7-3)76-96-82(87)69-65-61-57-53-49-46-43-40-37-34-30-26-22-18-14-10-6-2/h9-10,13-14,21-22,25-26,28,32-37,39,41-43,46-47,50,53,57,79-81,86H,5-8,11-12,15-20,23-24,27,29-31,38,40,44-45,48-49,51-52,54-56,58-78H2,1-4H3,(H,91,92)(H,93,94)/b13-9-,14-10-,25-21-,26-22-,32-28-,36-33-,37-34-,41-39-,42-35-,46-43-,50-47-,57-53-. The van der Waals surface area contributed by atoms with Crippen LogP contribution in [0, 0.1) is 0 Å². The van der Waals surface area contributed by atoms with E-state index in [1.165, 1.54) is 64.2 Å². The Morgan fingerprint density at radius 1 is 0.279 bits per heavy atom. The van der Waals surface area contributed by atoms with Gasteiger partial charge in [-0.25, -0.2) is 9.13 Å². The van der Waals surface area contributed by atoms with Gasteiger partial charge in [-0.3, -0.25) is 37.3 Å². The molecule has 104 heavy (non-hydrogen) atoms. The van der Waals surface area contributed by atoms with Gasteiger partial charge in [-0.05, 0) is 161 Å². The number of ether oxygens (including phenoxy) is 4. The summed E-state index contributed by atoms with van der Waals surface area (Å²) in [4.78, 5) is 73.0. The maximum Gasteiger partial charge on any atom is 0.472 e. The third kappa shape index (κ3) is 75.2. The van der Waals surface area contributed by atoms with Crippen LogP contribution < -0.4 is 0 Å². The van der Waals surface area contributed by atoms with Crippen molar-refractivity contribution in [3.63, 3.8) is 0 Å². The zero-order valence-corrected chi connectivity index (χ0v) is 66.7. The average Bonchev–Trinajstić information content (AvgIpc) is 0.939. The zero-order valence-electron chi connectivity index (χ0n) is 64.9. The van der Waals surface area contributed by atoms with Gasteiger partial charge in [-0.2, -0.15) is 0 Å². The smallest absolute Gasteiger partial charge is 0.462 e. The number of carbonyl (C=O) groups excluding carboxylic acids is 4. The van der Waals surface area contributed by atoms with Gasteiger partial charge in [-0.1, -0.05) is 270 Å². The van der Waals surface area contributed by atoms with Crippen LogP contribution in [-0.2, 0) is 65.4 Å². The summed E-state index contributed by atoms with van der Waals surface area (Å²) in [5, 5.41) is 10.6. The summed E-state index contributed by atoms with van der Waals surface area (Å²) in [6, 6.07) is 0. The molecule has 0 aromatic heterocycles. The molecule has 0 saturated carbocycles. The fourth-order valence-electron chi connectivity index (χ4n) is 10.2. The van der Waals surface area contributed by atoms with Crippen molar-refractivity contribution in [2.75, 3.05) is 39.6 Å². The molecule has 3 N–H and O–H groups in total. The van der Waals surface area contributed by atoms with E-state index >= 15 is 0 Å². The molecule has 17 nitrogen and oxygen atoms in total. The fraction of sp³-hybridized carbons (Fsp3) is 0.671. The highest BCUT2D eigenvalue weighted by atomic mass is 31.2. The van der Waals surface area contributed by atoms with Crippen LogP contribution in [0.2, 0.25) is 0 Å². The molecule has 0 bridgehead atoms. The van der Waals surface area contributed by atoms with Crippen molar-refractivity contribution in [3.05, 3.63) is 146 Å². The first kappa shape index (κ1) is 98.9. The summed E-state index contributed by atoms with van der Waals surface area (Å²) in [5.41, 5.74) is 0. The lowest BCUT2D eigenvalue weighted by Crippen LogP contribution is -2.30. The average molecular weight is 1500 g/mol. The fourth-order valence-corrected chi connectivity index (χ4v) is 11.8. The quantitative estimate of drug-likeness (QED) is 0.0169. The van der Waals surface area contributed by atoms with E-state index < -0.39 is 97.5 Å². The minimum atomic E-state index is -5.00. The van der Waals surface area contributed by atoms with Crippen LogP contribution in [0.3, 0.4) is 0 Å². The van der Waals surface area contributed by atoms with Crippen molar-refractivity contribution < 1.29 is 80.2 Å². The van der Waals surface area contributed by atoms with E-state index in [0.29, 0.717) is 32.1 Å². The van der Waals surface area contributed by atoms with Gasteiger partial charge < -0.3 is 33.8 Å². The summed E-state index contributed by atoms with van der Waals surface area (Å²) in [5.74, 6) is -2.30. The first-order valence-electron chi connectivity index (χ1n) is 40.1. The molecule has 0 aromatic rings. The Balaban J connectivity index is 5.44. The molecule has 0 saturated heterocycles. The number of hydrogen-bond acceptors (Lipinski definition) is 15. The van der Waals surface area contributed by atoms with E-state index in [-0.39, 0.29) is 25.7 Å². The third-order valence-electron chi connectivity index (χ3n) is 16.3. The second kappa shape index (κ2) is 76.1. The maximum atomic E-state index is 13.1. The van der Waals surface area contributed by atoms with Crippen molar-refractivity contribution in [2.45, 2.75) is 329 Å². The Labute approximate surface area is 630 Å². The number of aliphatic hydroxyl groups excluding tert-OH is 1. The van der Waals surface area contributed by atoms with Crippen molar-refractivity contribution in [1.29, 1.82) is 0 Å². The Kier molecular flexibility index (Phi) is 72.4. The maximum absolute atomic E-state index is 13.1. The van der Waals surface area contributed by atoms with Gasteiger partial charge in [0.05, 0.1) is 26.4 Å². The zero-order chi connectivity index (χ0) is 76.0. The number of rotatable bonds is 74. The highest BCUT2D eigenvalue weighted by molar-refractivity contribution is 7.47. The summed E-state index contributed by atoms with van der Waals surface area (Å²) in [6.45, 7) is 4.51.